The van der Waals surface area contributed by atoms with Gasteiger partial charge in [0.1, 0.15) is 0 Å². The highest BCUT2D eigenvalue weighted by Crippen LogP contribution is 2.33. The van der Waals surface area contributed by atoms with Crippen LogP contribution in [0.15, 0.2) is 16.6 Å². The molecule has 1 aromatic rings. The van der Waals surface area contributed by atoms with Crippen LogP contribution in [0.25, 0.3) is 0 Å². The molecule has 1 nitrogen and oxygen atoms in total. The summed E-state index contributed by atoms with van der Waals surface area (Å²) >= 11 is 3.55. The van der Waals surface area contributed by atoms with Crippen molar-refractivity contribution in [2.24, 2.45) is 5.73 Å². The zero-order chi connectivity index (χ0) is 9.42. The molecule has 70 valence electrons. The fraction of sp³-hybridized carbons (Fsp3) is 0.455. The Morgan fingerprint density at radius 3 is 3.00 bits per heavy atom. The Hall–Kier alpha value is -0.340. The van der Waals surface area contributed by atoms with Gasteiger partial charge < -0.3 is 5.73 Å². The van der Waals surface area contributed by atoms with Crippen LogP contribution >= 0.6 is 15.9 Å². The van der Waals surface area contributed by atoms with E-state index in [9.17, 15) is 0 Å². The van der Waals surface area contributed by atoms with Crippen LogP contribution in [-0.2, 0) is 6.42 Å². The summed E-state index contributed by atoms with van der Waals surface area (Å²) in [6, 6.07) is 4.53. The fourth-order valence-corrected chi connectivity index (χ4v) is 2.45. The van der Waals surface area contributed by atoms with E-state index in [4.69, 9.17) is 5.73 Å². The maximum absolute atomic E-state index is 6.05. The monoisotopic (exact) mass is 239 g/mol. The van der Waals surface area contributed by atoms with E-state index in [-0.39, 0.29) is 6.04 Å². The van der Waals surface area contributed by atoms with E-state index >= 15 is 0 Å². The van der Waals surface area contributed by atoms with Gasteiger partial charge in [0.25, 0.3) is 0 Å². The first-order valence-electron chi connectivity index (χ1n) is 4.73. The maximum Gasteiger partial charge on any atom is 0.0297 e. The van der Waals surface area contributed by atoms with Gasteiger partial charge in [-0.25, -0.2) is 0 Å². The molecule has 0 aromatic heterocycles. The van der Waals surface area contributed by atoms with Crippen molar-refractivity contribution in [1.29, 1.82) is 0 Å². The van der Waals surface area contributed by atoms with Crippen molar-refractivity contribution in [3.63, 3.8) is 0 Å². The smallest absolute Gasteiger partial charge is 0.0297 e. The fourth-order valence-electron chi connectivity index (χ4n) is 2.08. The second-order valence-electron chi connectivity index (χ2n) is 3.74. The first kappa shape index (κ1) is 9.22. The van der Waals surface area contributed by atoms with Crippen LogP contribution in [0, 0.1) is 6.92 Å². The number of fused-ring (bicyclic) bond motifs is 1. The molecular formula is C11H14BrN. The number of rotatable bonds is 0. The van der Waals surface area contributed by atoms with Crippen LogP contribution in [0.2, 0.25) is 0 Å². The first-order chi connectivity index (χ1) is 6.20. The normalized spacial score (nSPS) is 21.3. The third-order valence-electron chi connectivity index (χ3n) is 2.91. The van der Waals surface area contributed by atoms with Crippen molar-refractivity contribution in [2.75, 3.05) is 0 Å². The molecule has 0 aliphatic heterocycles. The molecule has 0 unspecified atom stereocenters. The van der Waals surface area contributed by atoms with Crippen molar-refractivity contribution in [3.05, 3.63) is 33.3 Å². The molecule has 0 amide bonds. The molecule has 13 heavy (non-hydrogen) atoms. The van der Waals surface area contributed by atoms with Crippen molar-refractivity contribution >= 4 is 15.9 Å². The third kappa shape index (κ3) is 1.53. The molecule has 2 N–H and O–H groups in total. The van der Waals surface area contributed by atoms with Crippen molar-refractivity contribution in [1.82, 2.24) is 0 Å². The predicted octanol–water partition coefficient (Wildman–Crippen LogP) is 3.09. The predicted molar refractivity (Wildman–Crippen MR) is 58.7 cm³/mol. The molecule has 1 aliphatic carbocycles. The van der Waals surface area contributed by atoms with Gasteiger partial charge in [0.15, 0.2) is 0 Å². The molecule has 1 aliphatic rings. The third-order valence-corrected chi connectivity index (χ3v) is 3.77. The Balaban J connectivity index is 2.56. The standard InChI is InChI=1S/C11H14BrN/c1-7-8-3-2-4-11(13)9(8)5-6-10(7)12/h5-6,11H,2-4,13H2,1H3/t11-/m1/s1. The Kier molecular flexibility index (Phi) is 2.43. The van der Waals surface area contributed by atoms with Gasteiger partial charge in [-0.15, -0.1) is 0 Å². The average molecular weight is 240 g/mol. The molecular weight excluding hydrogens is 226 g/mol. The van der Waals surface area contributed by atoms with Gasteiger partial charge in [-0.3, -0.25) is 0 Å². The van der Waals surface area contributed by atoms with Gasteiger partial charge in [-0.2, -0.15) is 0 Å². The summed E-state index contributed by atoms with van der Waals surface area (Å²) in [6.07, 6.45) is 3.55. The quantitative estimate of drug-likeness (QED) is 0.740. The van der Waals surface area contributed by atoms with E-state index in [2.05, 4.69) is 35.0 Å². The van der Waals surface area contributed by atoms with Gasteiger partial charge in [-0.05, 0) is 48.9 Å². The van der Waals surface area contributed by atoms with E-state index < -0.39 is 0 Å². The minimum absolute atomic E-state index is 0.260. The summed E-state index contributed by atoms with van der Waals surface area (Å²) in [5.41, 5.74) is 10.2. The van der Waals surface area contributed by atoms with Gasteiger partial charge in [0, 0.05) is 10.5 Å². The molecule has 1 aromatic carbocycles. The molecule has 1 atom stereocenters. The summed E-state index contributed by atoms with van der Waals surface area (Å²) in [7, 11) is 0. The molecule has 0 heterocycles. The second-order valence-corrected chi connectivity index (χ2v) is 4.59. The van der Waals surface area contributed by atoms with Crippen molar-refractivity contribution in [2.45, 2.75) is 32.2 Å². The summed E-state index contributed by atoms with van der Waals surface area (Å²) in [5, 5.41) is 0. The van der Waals surface area contributed by atoms with Crippen LogP contribution in [0.3, 0.4) is 0 Å². The molecule has 2 heteroatoms. The number of benzene rings is 1. The highest BCUT2D eigenvalue weighted by molar-refractivity contribution is 9.10. The summed E-state index contributed by atoms with van der Waals surface area (Å²) < 4.78 is 1.21. The molecule has 2 rings (SSSR count). The zero-order valence-corrected chi connectivity index (χ0v) is 9.39. The van der Waals surface area contributed by atoms with E-state index in [1.165, 1.54) is 34.0 Å². The first-order valence-corrected chi connectivity index (χ1v) is 5.53. The Morgan fingerprint density at radius 1 is 1.46 bits per heavy atom. The van der Waals surface area contributed by atoms with E-state index in [0.717, 1.165) is 6.42 Å². The van der Waals surface area contributed by atoms with Crippen LogP contribution in [0.4, 0.5) is 0 Å². The lowest BCUT2D eigenvalue weighted by Gasteiger charge is -2.24. The van der Waals surface area contributed by atoms with Gasteiger partial charge in [0.05, 0.1) is 0 Å². The number of nitrogens with two attached hydrogens (primary N) is 1. The number of halogens is 1. The van der Waals surface area contributed by atoms with Gasteiger partial charge >= 0.3 is 0 Å². The van der Waals surface area contributed by atoms with E-state index in [1.807, 2.05) is 0 Å². The van der Waals surface area contributed by atoms with Crippen molar-refractivity contribution in [3.8, 4) is 0 Å². The van der Waals surface area contributed by atoms with Crippen LogP contribution < -0.4 is 5.73 Å². The topological polar surface area (TPSA) is 26.0 Å². The van der Waals surface area contributed by atoms with Gasteiger partial charge in [0.2, 0.25) is 0 Å². The lowest BCUT2D eigenvalue weighted by molar-refractivity contribution is 0.568. The van der Waals surface area contributed by atoms with E-state index in [1.54, 1.807) is 0 Å². The number of hydrogen-bond acceptors (Lipinski definition) is 1. The van der Waals surface area contributed by atoms with Crippen LogP contribution in [0.1, 0.15) is 35.6 Å². The molecule has 0 fully saturated rings. The van der Waals surface area contributed by atoms with Gasteiger partial charge in [-0.1, -0.05) is 22.0 Å². The summed E-state index contributed by atoms with van der Waals surface area (Å²) in [6.45, 7) is 2.17. The lowest BCUT2D eigenvalue weighted by Crippen LogP contribution is -2.18. The molecule has 0 spiro atoms. The maximum atomic E-state index is 6.05. The summed E-state index contributed by atoms with van der Waals surface area (Å²) in [4.78, 5) is 0. The Morgan fingerprint density at radius 2 is 2.23 bits per heavy atom. The molecule has 0 bridgehead atoms. The lowest BCUT2D eigenvalue weighted by atomic mass is 9.86. The SMILES string of the molecule is Cc1c(Br)ccc2c1CCC[C@H]2N. The van der Waals surface area contributed by atoms with Crippen LogP contribution in [0.5, 0.6) is 0 Å². The van der Waals surface area contributed by atoms with E-state index in [0.29, 0.717) is 0 Å². The average Bonchev–Trinajstić information content (AvgIpc) is 2.12. The highest BCUT2D eigenvalue weighted by Gasteiger charge is 2.18. The largest absolute Gasteiger partial charge is 0.324 e. The minimum Gasteiger partial charge on any atom is -0.324 e. The Labute approximate surface area is 87.5 Å². The number of hydrogen-bond donors (Lipinski definition) is 1. The second kappa shape index (κ2) is 3.43. The molecule has 0 radical (unpaired) electrons. The highest BCUT2D eigenvalue weighted by atomic mass is 79.9. The molecule has 0 saturated heterocycles. The van der Waals surface area contributed by atoms with Crippen LogP contribution in [-0.4, -0.2) is 0 Å². The molecule has 0 saturated carbocycles. The Bertz CT molecular complexity index is 333. The zero-order valence-electron chi connectivity index (χ0n) is 7.81. The summed E-state index contributed by atoms with van der Waals surface area (Å²) in [5.74, 6) is 0. The minimum atomic E-state index is 0.260. The van der Waals surface area contributed by atoms with Crippen molar-refractivity contribution < 1.29 is 0 Å².